The van der Waals surface area contributed by atoms with Crippen molar-refractivity contribution in [2.24, 2.45) is 0 Å². The van der Waals surface area contributed by atoms with Gasteiger partial charge in [-0.1, -0.05) is 23.2 Å². The third-order valence-electron chi connectivity index (χ3n) is 1.52. The lowest BCUT2D eigenvalue weighted by atomic mass is 10.1. The number of benzene rings is 1. The minimum atomic E-state index is -4.58. The molecular weight excluding hydrogens is 240 g/mol. The number of rotatable bonds is 1. The summed E-state index contributed by atoms with van der Waals surface area (Å²) in [4.78, 5) is 10.3. The van der Waals surface area contributed by atoms with Gasteiger partial charge in [0, 0.05) is 5.56 Å². The van der Waals surface area contributed by atoms with Crippen LogP contribution in [0.5, 0.6) is 0 Å². The van der Waals surface area contributed by atoms with E-state index < -0.39 is 16.8 Å². The Morgan fingerprint density at radius 3 is 2.14 bits per heavy atom. The van der Waals surface area contributed by atoms with Crippen molar-refractivity contribution in [3.8, 4) is 0 Å². The van der Waals surface area contributed by atoms with Gasteiger partial charge in [0.05, 0.1) is 15.6 Å². The summed E-state index contributed by atoms with van der Waals surface area (Å²) in [5.74, 6) is 0. The Hall–Kier alpha value is -0.740. The van der Waals surface area contributed by atoms with Gasteiger partial charge in [0.2, 0.25) is 0 Å². The van der Waals surface area contributed by atoms with Crippen LogP contribution in [0.2, 0.25) is 10.0 Å². The van der Waals surface area contributed by atoms with Crippen LogP contribution in [-0.2, 0) is 6.18 Å². The van der Waals surface area contributed by atoms with Gasteiger partial charge >= 0.3 is 6.18 Å². The van der Waals surface area contributed by atoms with E-state index in [2.05, 4.69) is 0 Å². The Labute approximate surface area is 87.4 Å². The van der Waals surface area contributed by atoms with Gasteiger partial charge in [-0.25, -0.2) is 0 Å². The summed E-state index contributed by atoms with van der Waals surface area (Å²) in [5, 5.41) is -0.619. The van der Waals surface area contributed by atoms with Crippen LogP contribution in [0.15, 0.2) is 12.1 Å². The molecule has 0 heterocycles. The molecule has 1 rings (SSSR count). The summed E-state index contributed by atoms with van der Waals surface area (Å²) in [5.41, 5.74) is -1.30. The van der Waals surface area contributed by atoms with E-state index in [1.807, 2.05) is 0 Å². The number of aldehydes is 1. The van der Waals surface area contributed by atoms with E-state index in [1.54, 1.807) is 0 Å². The van der Waals surface area contributed by atoms with E-state index in [9.17, 15) is 18.0 Å². The second-order valence-corrected chi connectivity index (χ2v) is 3.28. The van der Waals surface area contributed by atoms with Crippen molar-refractivity contribution in [2.75, 3.05) is 0 Å². The molecule has 1 aromatic carbocycles. The van der Waals surface area contributed by atoms with Crippen LogP contribution in [0.3, 0.4) is 0 Å². The van der Waals surface area contributed by atoms with Crippen LogP contribution in [0.1, 0.15) is 15.9 Å². The predicted molar refractivity (Wildman–Crippen MR) is 46.9 cm³/mol. The van der Waals surface area contributed by atoms with E-state index in [-0.39, 0.29) is 16.9 Å². The topological polar surface area (TPSA) is 17.1 Å². The molecule has 6 heteroatoms. The van der Waals surface area contributed by atoms with Gasteiger partial charge in [-0.2, -0.15) is 13.2 Å². The molecule has 0 saturated heterocycles. The lowest BCUT2D eigenvalue weighted by Crippen LogP contribution is -2.06. The second-order valence-electron chi connectivity index (χ2n) is 2.47. The van der Waals surface area contributed by atoms with Crippen LogP contribution in [0.25, 0.3) is 0 Å². The van der Waals surface area contributed by atoms with Crippen LogP contribution in [0.4, 0.5) is 13.2 Å². The molecule has 0 aliphatic carbocycles. The van der Waals surface area contributed by atoms with Crippen LogP contribution in [-0.4, -0.2) is 6.29 Å². The molecule has 0 aliphatic heterocycles. The van der Waals surface area contributed by atoms with Crippen molar-refractivity contribution in [2.45, 2.75) is 6.18 Å². The maximum atomic E-state index is 12.3. The average molecular weight is 243 g/mol. The minimum absolute atomic E-state index is 0.0991. The molecule has 0 N–H and O–H groups in total. The van der Waals surface area contributed by atoms with Crippen molar-refractivity contribution < 1.29 is 18.0 Å². The molecule has 0 fully saturated rings. The maximum Gasteiger partial charge on any atom is 0.417 e. The van der Waals surface area contributed by atoms with E-state index in [4.69, 9.17) is 23.2 Å². The van der Waals surface area contributed by atoms with Crippen molar-refractivity contribution in [1.29, 1.82) is 0 Å². The summed E-state index contributed by atoms with van der Waals surface area (Å²) in [7, 11) is 0. The van der Waals surface area contributed by atoms with Crippen molar-refractivity contribution in [3.05, 3.63) is 33.3 Å². The molecule has 0 unspecified atom stereocenters. The van der Waals surface area contributed by atoms with E-state index >= 15 is 0 Å². The van der Waals surface area contributed by atoms with E-state index in [1.165, 1.54) is 0 Å². The first-order valence-corrected chi connectivity index (χ1v) is 4.13. The van der Waals surface area contributed by atoms with E-state index in [0.717, 1.165) is 6.07 Å². The Morgan fingerprint density at radius 1 is 1.14 bits per heavy atom. The monoisotopic (exact) mass is 242 g/mol. The number of halogens is 5. The van der Waals surface area contributed by atoms with Crippen LogP contribution < -0.4 is 0 Å². The molecule has 76 valence electrons. The molecule has 0 bridgehead atoms. The lowest BCUT2D eigenvalue weighted by Gasteiger charge is -2.09. The number of carbonyl (C=O) groups excluding carboxylic acids is 1. The minimum Gasteiger partial charge on any atom is -0.298 e. The van der Waals surface area contributed by atoms with Crippen molar-refractivity contribution >= 4 is 29.5 Å². The fourth-order valence-electron chi connectivity index (χ4n) is 0.873. The smallest absolute Gasteiger partial charge is 0.298 e. The highest BCUT2D eigenvalue weighted by Crippen LogP contribution is 2.36. The second kappa shape index (κ2) is 3.79. The zero-order chi connectivity index (χ0) is 10.9. The molecule has 0 aliphatic rings. The first-order chi connectivity index (χ1) is 6.36. The summed E-state index contributed by atoms with van der Waals surface area (Å²) >= 11 is 10.8. The van der Waals surface area contributed by atoms with Crippen LogP contribution in [0, 0.1) is 0 Å². The van der Waals surface area contributed by atoms with Gasteiger partial charge in [0.15, 0.2) is 6.29 Å². The Balaban J connectivity index is 3.39. The fraction of sp³-hybridized carbons (Fsp3) is 0.125. The highest BCUT2D eigenvalue weighted by atomic mass is 35.5. The Morgan fingerprint density at radius 2 is 1.71 bits per heavy atom. The average Bonchev–Trinajstić information content (AvgIpc) is 2.02. The Kier molecular flexibility index (Phi) is 3.07. The number of carbonyl (C=O) groups is 1. The molecule has 0 amide bonds. The zero-order valence-corrected chi connectivity index (χ0v) is 8.04. The summed E-state index contributed by atoms with van der Waals surface area (Å²) in [6.45, 7) is 0. The summed E-state index contributed by atoms with van der Waals surface area (Å²) in [6.07, 6.45) is -4.34. The van der Waals surface area contributed by atoms with Crippen molar-refractivity contribution in [3.63, 3.8) is 0 Å². The van der Waals surface area contributed by atoms with Gasteiger partial charge in [-0.05, 0) is 12.1 Å². The van der Waals surface area contributed by atoms with Crippen molar-refractivity contribution in [1.82, 2.24) is 0 Å². The quantitative estimate of drug-likeness (QED) is 0.685. The van der Waals surface area contributed by atoms with Gasteiger partial charge < -0.3 is 0 Å². The molecular formula is C8H3Cl2F3O. The maximum absolute atomic E-state index is 12.3. The molecule has 0 spiro atoms. The molecule has 1 aromatic rings. The Bertz CT molecular complexity index is 374. The third kappa shape index (κ3) is 2.19. The van der Waals surface area contributed by atoms with Gasteiger partial charge in [-0.15, -0.1) is 0 Å². The van der Waals surface area contributed by atoms with Gasteiger partial charge in [0.25, 0.3) is 0 Å². The van der Waals surface area contributed by atoms with Gasteiger partial charge in [0.1, 0.15) is 0 Å². The normalized spacial score (nSPS) is 11.5. The fourth-order valence-corrected chi connectivity index (χ4v) is 1.41. The standard InChI is InChI=1S/C8H3Cl2F3O/c9-6-2-7(10)5(8(11,12)13)1-4(6)3-14/h1-3H. The zero-order valence-electron chi connectivity index (χ0n) is 6.53. The molecule has 1 nitrogen and oxygen atoms in total. The molecule has 0 aromatic heterocycles. The molecule has 0 radical (unpaired) electrons. The predicted octanol–water partition coefficient (Wildman–Crippen LogP) is 3.82. The highest BCUT2D eigenvalue weighted by Gasteiger charge is 2.33. The van der Waals surface area contributed by atoms with E-state index in [0.29, 0.717) is 6.07 Å². The number of hydrogen-bond acceptors (Lipinski definition) is 1. The lowest BCUT2D eigenvalue weighted by molar-refractivity contribution is -0.137. The first-order valence-electron chi connectivity index (χ1n) is 3.37. The molecule has 0 saturated carbocycles. The third-order valence-corrected chi connectivity index (χ3v) is 2.16. The largest absolute Gasteiger partial charge is 0.417 e. The first kappa shape index (κ1) is 11.3. The van der Waals surface area contributed by atoms with Crippen LogP contribution >= 0.6 is 23.2 Å². The number of alkyl halides is 3. The molecule has 0 atom stereocenters. The molecule has 14 heavy (non-hydrogen) atoms. The highest BCUT2D eigenvalue weighted by molar-refractivity contribution is 6.36. The SMILES string of the molecule is O=Cc1cc(C(F)(F)F)c(Cl)cc1Cl. The summed E-state index contributed by atoms with van der Waals surface area (Å²) < 4.78 is 36.8. The van der Waals surface area contributed by atoms with Gasteiger partial charge in [-0.3, -0.25) is 4.79 Å². The summed E-state index contributed by atoms with van der Waals surface area (Å²) in [6, 6.07) is 1.52. The number of hydrogen-bond donors (Lipinski definition) is 0.